The van der Waals surface area contributed by atoms with Crippen molar-refractivity contribution in [2.24, 2.45) is 0 Å². The lowest BCUT2D eigenvalue weighted by Gasteiger charge is -2.16. The zero-order valence-corrected chi connectivity index (χ0v) is 18.9. The van der Waals surface area contributed by atoms with Crippen LogP contribution in [0.15, 0.2) is 42.1 Å². The Morgan fingerprint density at radius 1 is 1.00 bits per heavy atom. The molecule has 7 heteroatoms. The second-order valence-corrected chi connectivity index (χ2v) is 8.32. The minimum atomic E-state index is -0.414. The fraction of sp³-hybridized carbons (Fsp3) is 0.304. The lowest BCUT2D eigenvalue weighted by Crippen LogP contribution is -2.35. The van der Waals surface area contributed by atoms with Gasteiger partial charge in [-0.3, -0.25) is 14.5 Å². The molecule has 0 atom stereocenters. The first-order chi connectivity index (χ1) is 14.2. The lowest BCUT2D eigenvalue weighted by atomic mass is 10.0. The van der Waals surface area contributed by atoms with Crippen LogP contribution in [0.3, 0.4) is 0 Å². The highest BCUT2D eigenvalue weighted by Crippen LogP contribution is 2.35. The predicted molar refractivity (Wildman–Crippen MR) is 121 cm³/mol. The van der Waals surface area contributed by atoms with Crippen molar-refractivity contribution >= 4 is 46.3 Å². The van der Waals surface area contributed by atoms with E-state index in [9.17, 15) is 9.59 Å². The topological polar surface area (TPSA) is 58.6 Å². The molecule has 0 aliphatic carbocycles. The van der Waals surface area contributed by atoms with Gasteiger partial charge in [0.05, 0.1) is 29.9 Å². The van der Waals surface area contributed by atoms with Crippen LogP contribution in [0.4, 0.5) is 5.69 Å². The fourth-order valence-electron chi connectivity index (χ4n) is 3.18. The van der Waals surface area contributed by atoms with E-state index < -0.39 is 11.8 Å². The van der Waals surface area contributed by atoms with E-state index in [0.717, 1.165) is 16.8 Å². The van der Waals surface area contributed by atoms with E-state index in [1.54, 1.807) is 18.2 Å². The van der Waals surface area contributed by atoms with Crippen molar-refractivity contribution < 1.29 is 14.3 Å². The van der Waals surface area contributed by atoms with Gasteiger partial charge in [-0.2, -0.15) is 0 Å². The molecule has 0 spiro atoms. The number of imide groups is 1. The van der Waals surface area contributed by atoms with Gasteiger partial charge >= 0.3 is 0 Å². The molecule has 3 rings (SSSR count). The highest BCUT2D eigenvalue weighted by atomic mass is 35.5. The molecule has 2 aromatic rings. The normalized spacial score (nSPS) is 14.3. The maximum atomic E-state index is 13.2. The number of carbonyl (C=O) groups is 2. The van der Waals surface area contributed by atoms with E-state index in [2.05, 4.69) is 5.32 Å². The zero-order valence-electron chi connectivity index (χ0n) is 17.4. The maximum absolute atomic E-state index is 13.2. The van der Waals surface area contributed by atoms with Crippen LogP contribution in [0.2, 0.25) is 10.0 Å². The molecule has 2 amide bonds. The first-order valence-electron chi connectivity index (χ1n) is 9.70. The van der Waals surface area contributed by atoms with Gasteiger partial charge < -0.3 is 10.1 Å². The molecule has 2 aromatic carbocycles. The van der Waals surface area contributed by atoms with Crippen LogP contribution in [0.1, 0.15) is 30.5 Å². The Labute approximate surface area is 186 Å². The predicted octanol–water partition coefficient (Wildman–Crippen LogP) is 5.23. The SMILES string of the molecule is Cc1ccc(NC2=C(c3ccc(Cl)cc3Cl)C(=O)N(CCOC(C)C)C2=O)cc1C. The van der Waals surface area contributed by atoms with Crippen LogP contribution in [-0.4, -0.2) is 36.0 Å². The van der Waals surface area contributed by atoms with Crippen LogP contribution < -0.4 is 5.32 Å². The van der Waals surface area contributed by atoms with Gasteiger partial charge in [-0.05, 0) is 63.1 Å². The second-order valence-electron chi connectivity index (χ2n) is 7.48. The second kappa shape index (κ2) is 9.21. The van der Waals surface area contributed by atoms with Crippen LogP contribution in [0, 0.1) is 13.8 Å². The quantitative estimate of drug-likeness (QED) is 0.591. The molecule has 0 bridgehead atoms. The van der Waals surface area contributed by atoms with E-state index >= 15 is 0 Å². The number of rotatable bonds is 7. The third kappa shape index (κ3) is 4.69. The highest BCUT2D eigenvalue weighted by molar-refractivity contribution is 6.41. The Balaban J connectivity index is 2.02. The summed E-state index contributed by atoms with van der Waals surface area (Å²) in [5.74, 6) is -0.825. The van der Waals surface area contributed by atoms with E-state index in [-0.39, 0.29) is 30.5 Å². The molecule has 0 saturated heterocycles. The summed E-state index contributed by atoms with van der Waals surface area (Å²) in [5.41, 5.74) is 3.80. The van der Waals surface area contributed by atoms with E-state index in [1.807, 2.05) is 45.9 Å². The zero-order chi connectivity index (χ0) is 22.0. The third-order valence-corrected chi connectivity index (χ3v) is 5.46. The summed E-state index contributed by atoms with van der Waals surface area (Å²) in [6.07, 6.45) is 0.00377. The molecule has 1 heterocycles. The average molecular weight is 447 g/mol. The van der Waals surface area contributed by atoms with Gasteiger partial charge in [-0.25, -0.2) is 0 Å². The van der Waals surface area contributed by atoms with Gasteiger partial charge in [0.15, 0.2) is 0 Å². The largest absolute Gasteiger partial charge is 0.377 e. The van der Waals surface area contributed by atoms with Gasteiger partial charge in [0.25, 0.3) is 11.8 Å². The van der Waals surface area contributed by atoms with Crippen LogP contribution >= 0.6 is 23.2 Å². The monoisotopic (exact) mass is 446 g/mol. The molecule has 0 fully saturated rings. The molecule has 1 aliphatic heterocycles. The molecular weight excluding hydrogens is 423 g/mol. The number of nitrogens with one attached hydrogen (secondary N) is 1. The van der Waals surface area contributed by atoms with Crippen LogP contribution in [0.5, 0.6) is 0 Å². The Bertz CT molecular complexity index is 1030. The molecule has 1 aliphatic rings. The number of hydrogen-bond acceptors (Lipinski definition) is 4. The first kappa shape index (κ1) is 22.3. The van der Waals surface area contributed by atoms with E-state index in [0.29, 0.717) is 15.6 Å². The summed E-state index contributed by atoms with van der Waals surface area (Å²) in [5, 5.41) is 3.90. The summed E-state index contributed by atoms with van der Waals surface area (Å²) in [4.78, 5) is 27.6. The molecule has 158 valence electrons. The third-order valence-electron chi connectivity index (χ3n) is 4.91. The van der Waals surface area contributed by atoms with Crippen molar-refractivity contribution in [3.8, 4) is 0 Å². The van der Waals surface area contributed by atoms with Crippen molar-refractivity contribution in [2.75, 3.05) is 18.5 Å². The molecule has 1 N–H and O–H groups in total. The van der Waals surface area contributed by atoms with E-state index in [4.69, 9.17) is 27.9 Å². The number of hydrogen-bond donors (Lipinski definition) is 1. The summed E-state index contributed by atoms with van der Waals surface area (Å²) in [6.45, 7) is 8.21. The fourth-order valence-corrected chi connectivity index (χ4v) is 3.68. The molecule has 30 heavy (non-hydrogen) atoms. The number of halogens is 2. The van der Waals surface area contributed by atoms with Crippen molar-refractivity contribution in [1.82, 2.24) is 4.90 Å². The van der Waals surface area contributed by atoms with E-state index in [1.165, 1.54) is 4.90 Å². The standard InChI is InChI=1S/C23H24Cl2N2O3/c1-13(2)30-10-9-27-22(28)20(18-8-6-16(24)12-19(18)25)21(23(27)29)26-17-7-5-14(3)15(4)11-17/h5-8,11-13,26H,9-10H2,1-4H3. The summed E-state index contributed by atoms with van der Waals surface area (Å²) < 4.78 is 5.53. The van der Waals surface area contributed by atoms with Crippen molar-refractivity contribution in [3.05, 3.63) is 68.8 Å². The molecule has 0 aromatic heterocycles. The number of aryl methyl sites for hydroxylation is 2. The number of carbonyl (C=O) groups excluding carboxylic acids is 2. The number of amides is 2. The number of ether oxygens (including phenoxy) is 1. The maximum Gasteiger partial charge on any atom is 0.278 e. The van der Waals surface area contributed by atoms with Crippen LogP contribution in [0.25, 0.3) is 5.57 Å². The summed E-state index contributed by atoms with van der Waals surface area (Å²) in [7, 11) is 0. The first-order valence-corrected chi connectivity index (χ1v) is 10.5. The molecular formula is C23H24Cl2N2O3. The number of benzene rings is 2. The van der Waals surface area contributed by atoms with Crippen molar-refractivity contribution in [3.63, 3.8) is 0 Å². The molecule has 0 saturated carbocycles. The Kier molecular flexibility index (Phi) is 6.86. The van der Waals surface area contributed by atoms with Gasteiger partial charge in [0, 0.05) is 16.3 Å². The lowest BCUT2D eigenvalue weighted by molar-refractivity contribution is -0.137. The Morgan fingerprint density at radius 2 is 1.73 bits per heavy atom. The number of nitrogens with zero attached hydrogens (tertiary/aromatic N) is 1. The smallest absolute Gasteiger partial charge is 0.278 e. The average Bonchev–Trinajstić information content (AvgIpc) is 2.89. The van der Waals surface area contributed by atoms with Crippen LogP contribution in [-0.2, 0) is 14.3 Å². The Hall–Kier alpha value is -2.34. The highest BCUT2D eigenvalue weighted by Gasteiger charge is 2.39. The van der Waals surface area contributed by atoms with Gasteiger partial charge in [0.2, 0.25) is 0 Å². The summed E-state index contributed by atoms with van der Waals surface area (Å²) >= 11 is 12.4. The van der Waals surface area contributed by atoms with Crippen molar-refractivity contribution in [1.29, 1.82) is 0 Å². The number of anilines is 1. The summed E-state index contributed by atoms with van der Waals surface area (Å²) in [6, 6.07) is 10.6. The van der Waals surface area contributed by atoms with Gasteiger partial charge in [-0.1, -0.05) is 35.3 Å². The minimum absolute atomic E-state index is 0.00377. The molecule has 5 nitrogen and oxygen atoms in total. The van der Waals surface area contributed by atoms with Gasteiger partial charge in [0.1, 0.15) is 5.70 Å². The van der Waals surface area contributed by atoms with Crippen molar-refractivity contribution in [2.45, 2.75) is 33.8 Å². The molecule has 0 radical (unpaired) electrons. The molecule has 0 unspecified atom stereocenters. The minimum Gasteiger partial charge on any atom is -0.377 e. The van der Waals surface area contributed by atoms with Gasteiger partial charge in [-0.15, -0.1) is 0 Å². The Morgan fingerprint density at radius 3 is 2.37 bits per heavy atom.